The summed E-state index contributed by atoms with van der Waals surface area (Å²) < 4.78 is 1.68. The molecule has 2 rings (SSSR count). The summed E-state index contributed by atoms with van der Waals surface area (Å²) in [4.78, 5) is 0. The molecule has 104 valence electrons. The van der Waals surface area contributed by atoms with Crippen LogP contribution in [0.2, 0.25) is 46.5 Å². The topological polar surface area (TPSA) is 0 Å². The molecular formula is C16H28Si2Zr. The average Bonchev–Trinajstić information content (AvgIpc) is 2.85. The van der Waals surface area contributed by atoms with Crippen molar-refractivity contribution in [3.8, 4) is 0 Å². The Kier molecular flexibility index (Phi) is 4.32. The van der Waals surface area contributed by atoms with Crippen LogP contribution >= 0.6 is 0 Å². The summed E-state index contributed by atoms with van der Waals surface area (Å²) in [7, 11) is 0. The first-order valence-electron chi connectivity index (χ1n) is 7.41. The molecule has 0 aromatic heterocycles. The standard InChI is InChI=1S/2C5H5.2C3H9Si.Zr/c2*1-2-4-5-3-1;2*1-4(2)3;/h2*1-5H;2*1-3H3;. The van der Waals surface area contributed by atoms with Crippen LogP contribution in [-0.2, 0) is 18.6 Å². The normalized spacial score (nSPS) is 20.9. The van der Waals surface area contributed by atoms with E-state index in [-0.39, 0.29) is 0 Å². The van der Waals surface area contributed by atoms with Gasteiger partial charge in [-0.05, 0) is 0 Å². The van der Waals surface area contributed by atoms with Crippen molar-refractivity contribution in [1.82, 2.24) is 0 Å². The quantitative estimate of drug-likeness (QED) is 0.564. The Balaban J connectivity index is 2.64. The zero-order chi connectivity index (χ0) is 14.3. The summed E-state index contributed by atoms with van der Waals surface area (Å²) in [6, 6.07) is 0. The zero-order valence-corrected chi connectivity index (χ0v) is 17.7. The van der Waals surface area contributed by atoms with Crippen molar-refractivity contribution in [3.05, 3.63) is 48.6 Å². The zero-order valence-electron chi connectivity index (χ0n) is 13.3. The van der Waals surface area contributed by atoms with E-state index in [1.165, 1.54) is 0 Å². The van der Waals surface area contributed by atoms with Crippen LogP contribution < -0.4 is 0 Å². The molecule has 0 aromatic rings. The molecule has 0 heterocycles. The molecule has 3 heteroatoms. The van der Waals surface area contributed by atoms with Crippen LogP contribution in [-0.4, -0.2) is 10.4 Å². The van der Waals surface area contributed by atoms with E-state index < -0.39 is 29.0 Å². The van der Waals surface area contributed by atoms with E-state index in [0.29, 0.717) is 0 Å². The van der Waals surface area contributed by atoms with Crippen LogP contribution in [0.4, 0.5) is 0 Å². The molecule has 0 spiro atoms. The predicted molar refractivity (Wildman–Crippen MR) is 90.8 cm³/mol. The van der Waals surface area contributed by atoms with E-state index in [1.54, 1.807) is 0 Å². The van der Waals surface area contributed by atoms with Gasteiger partial charge in [-0.25, -0.2) is 0 Å². The molecule has 0 saturated carbocycles. The fraction of sp³-hybridized carbons (Fsp3) is 0.500. The molecule has 19 heavy (non-hydrogen) atoms. The molecule has 0 aliphatic heterocycles. The third-order valence-corrected chi connectivity index (χ3v) is 88.2. The molecule has 0 fully saturated rings. The van der Waals surface area contributed by atoms with Crippen LogP contribution in [0.25, 0.3) is 0 Å². The van der Waals surface area contributed by atoms with E-state index in [4.69, 9.17) is 0 Å². The number of hydrogen-bond acceptors (Lipinski definition) is 0. The molecule has 0 unspecified atom stereocenters. The second-order valence-corrected chi connectivity index (χ2v) is 59.4. The molecule has 0 atom stereocenters. The molecule has 0 radical (unpaired) electrons. The van der Waals surface area contributed by atoms with Crippen LogP contribution in [0.3, 0.4) is 0 Å². The van der Waals surface area contributed by atoms with Gasteiger partial charge in [-0.2, -0.15) is 0 Å². The summed E-state index contributed by atoms with van der Waals surface area (Å²) in [6.07, 6.45) is 19.4. The van der Waals surface area contributed by atoms with E-state index in [9.17, 15) is 0 Å². The minimum atomic E-state index is -2.36. The van der Waals surface area contributed by atoms with Crippen LogP contribution in [0.5, 0.6) is 0 Å². The van der Waals surface area contributed by atoms with Crippen molar-refractivity contribution >= 4 is 10.4 Å². The monoisotopic (exact) mass is 366 g/mol. The molecule has 0 N–H and O–H groups in total. The van der Waals surface area contributed by atoms with Crippen molar-refractivity contribution in [1.29, 1.82) is 0 Å². The second kappa shape index (κ2) is 5.24. The van der Waals surface area contributed by atoms with Gasteiger partial charge < -0.3 is 0 Å². The van der Waals surface area contributed by atoms with E-state index in [0.717, 1.165) is 7.25 Å². The van der Waals surface area contributed by atoms with Gasteiger partial charge in [0.2, 0.25) is 0 Å². The van der Waals surface area contributed by atoms with E-state index in [2.05, 4.69) is 87.9 Å². The first-order chi connectivity index (χ1) is 8.71. The van der Waals surface area contributed by atoms with Gasteiger partial charge in [-0.3, -0.25) is 0 Å². The summed E-state index contributed by atoms with van der Waals surface area (Å²) in [5, 5.41) is -2.27. The first kappa shape index (κ1) is 15.7. The first-order valence-corrected chi connectivity index (χ1v) is 24.6. The van der Waals surface area contributed by atoms with Gasteiger partial charge in [0.15, 0.2) is 0 Å². The van der Waals surface area contributed by atoms with Crippen molar-refractivity contribution < 1.29 is 18.6 Å². The van der Waals surface area contributed by atoms with Gasteiger partial charge in [-0.1, -0.05) is 0 Å². The molecule has 0 aromatic carbocycles. The molecule has 0 bridgehead atoms. The second-order valence-electron chi connectivity index (χ2n) is 7.96. The van der Waals surface area contributed by atoms with E-state index in [1.807, 2.05) is 0 Å². The summed E-state index contributed by atoms with van der Waals surface area (Å²) >= 11 is -2.36. The molecule has 0 amide bonds. The molecule has 2 aliphatic rings. The van der Waals surface area contributed by atoms with Crippen LogP contribution in [0.15, 0.2) is 48.6 Å². The summed E-state index contributed by atoms with van der Waals surface area (Å²) in [6.45, 7) is 16.0. The third-order valence-electron chi connectivity index (χ3n) is 5.03. The van der Waals surface area contributed by atoms with Gasteiger partial charge in [0.25, 0.3) is 0 Å². The Bertz CT molecular complexity index is 390. The maximum absolute atomic E-state index is 2.67. The fourth-order valence-corrected chi connectivity index (χ4v) is 107. The minimum absolute atomic E-state index is 0.838. The Labute approximate surface area is 123 Å². The van der Waals surface area contributed by atoms with Gasteiger partial charge in [0.1, 0.15) is 0 Å². The van der Waals surface area contributed by atoms with Gasteiger partial charge in [0, 0.05) is 0 Å². The number of hydrogen-bond donors (Lipinski definition) is 0. The maximum atomic E-state index is 2.67. The van der Waals surface area contributed by atoms with Crippen molar-refractivity contribution in [2.75, 3.05) is 0 Å². The fourth-order valence-electron chi connectivity index (χ4n) is 4.82. The summed E-state index contributed by atoms with van der Waals surface area (Å²) in [5.74, 6) is 0. The van der Waals surface area contributed by atoms with Crippen LogP contribution in [0.1, 0.15) is 0 Å². The molecule has 2 aliphatic carbocycles. The Morgan fingerprint density at radius 3 is 1.05 bits per heavy atom. The van der Waals surface area contributed by atoms with Gasteiger partial charge >= 0.3 is 124 Å². The van der Waals surface area contributed by atoms with Crippen molar-refractivity contribution in [2.24, 2.45) is 0 Å². The Hall–Kier alpha value is 0.277. The third kappa shape index (κ3) is 2.47. The Morgan fingerprint density at radius 2 is 0.842 bits per heavy atom. The van der Waals surface area contributed by atoms with Crippen LogP contribution in [0, 0.1) is 0 Å². The summed E-state index contributed by atoms with van der Waals surface area (Å²) in [5.41, 5.74) is 0. The molecular weight excluding hydrogens is 340 g/mol. The SMILES string of the molecule is C[Si](C)(C)[Zr]([CH]1C=CC=C1)([CH]1C=CC=C1)[Si](C)(C)C. The van der Waals surface area contributed by atoms with E-state index >= 15 is 0 Å². The van der Waals surface area contributed by atoms with Gasteiger partial charge in [-0.15, -0.1) is 0 Å². The van der Waals surface area contributed by atoms with Gasteiger partial charge in [0.05, 0.1) is 0 Å². The number of allylic oxidation sites excluding steroid dienone is 8. The van der Waals surface area contributed by atoms with Crippen molar-refractivity contribution in [2.45, 2.75) is 46.5 Å². The van der Waals surface area contributed by atoms with Crippen molar-refractivity contribution in [3.63, 3.8) is 0 Å². The predicted octanol–water partition coefficient (Wildman–Crippen LogP) is 5.64. The average molecular weight is 368 g/mol. The molecule has 0 saturated heterocycles. The molecule has 0 nitrogen and oxygen atoms in total. The number of rotatable bonds is 4. The Morgan fingerprint density at radius 1 is 0.579 bits per heavy atom.